The zero-order valence-corrected chi connectivity index (χ0v) is 20.5. The fraction of sp³-hybridized carbons (Fsp3) is 0.0333. The van der Waals surface area contributed by atoms with E-state index in [4.69, 9.17) is 10.1 Å². The molecule has 190 valence electrons. The maximum Gasteiger partial charge on any atom is 0.269 e. The van der Waals surface area contributed by atoms with Gasteiger partial charge < -0.3 is 4.74 Å². The topological polar surface area (TPSA) is 125 Å². The summed E-state index contributed by atoms with van der Waals surface area (Å²) in [6, 6.07) is 33.6. The number of anilines is 2. The molecule has 0 spiro atoms. The second-order valence-electron chi connectivity index (χ2n) is 8.91. The number of ether oxygens (including phenoxy) is 1. The third kappa shape index (κ3) is 4.64. The van der Waals surface area contributed by atoms with Gasteiger partial charge in [0, 0.05) is 22.9 Å². The quantitative estimate of drug-likeness (QED) is 0.168. The van der Waals surface area contributed by atoms with Crippen LogP contribution in [0.25, 0.3) is 21.5 Å². The minimum atomic E-state index is -0.783. The van der Waals surface area contributed by atoms with Crippen LogP contribution < -0.4 is 10.9 Å². The van der Waals surface area contributed by atoms with Crippen LogP contribution in [0.5, 0.6) is 0 Å². The molecule has 5 aromatic rings. The van der Waals surface area contributed by atoms with E-state index in [2.05, 4.69) is 21.1 Å². The second kappa shape index (κ2) is 10.1. The first-order valence-corrected chi connectivity index (χ1v) is 12.2. The fourth-order valence-corrected chi connectivity index (χ4v) is 4.57. The summed E-state index contributed by atoms with van der Waals surface area (Å²) < 4.78 is 5.90. The summed E-state index contributed by atoms with van der Waals surface area (Å²) in [5.41, 5.74) is 8.93. The van der Waals surface area contributed by atoms with Gasteiger partial charge in [0.15, 0.2) is 11.8 Å². The molecule has 0 aliphatic carbocycles. The number of hydrogen-bond donors (Lipinski definition) is 3. The van der Waals surface area contributed by atoms with Crippen molar-refractivity contribution in [1.29, 1.82) is 5.41 Å². The van der Waals surface area contributed by atoms with Gasteiger partial charge in [-0.3, -0.25) is 26.4 Å². The Morgan fingerprint density at radius 3 is 1.85 bits per heavy atom. The Bertz CT molecular complexity index is 1790. The van der Waals surface area contributed by atoms with Crippen molar-refractivity contribution in [1.82, 2.24) is 0 Å². The van der Waals surface area contributed by atoms with Crippen molar-refractivity contribution < 1.29 is 9.66 Å². The number of hydrogen-bond acceptors (Lipinski definition) is 8. The van der Waals surface area contributed by atoms with E-state index < -0.39 is 11.0 Å². The van der Waals surface area contributed by atoms with Crippen LogP contribution >= 0.6 is 0 Å². The van der Waals surface area contributed by atoms with Crippen LogP contribution in [0.4, 0.5) is 17.1 Å². The Balaban J connectivity index is 1.40. The van der Waals surface area contributed by atoms with Crippen LogP contribution in [-0.4, -0.2) is 22.2 Å². The Labute approximate surface area is 223 Å². The van der Waals surface area contributed by atoms with E-state index in [1.807, 2.05) is 84.9 Å². The van der Waals surface area contributed by atoms with E-state index >= 15 is 0 Å². The first-order valence-electron chi connectivity index (χ1n) is 12.2. The molecule has 3 N–H and O–H groups in total. The van der Waals surface area contributed by atoms with Gasteiger partial charge in [0.25, 0.3) is 5.69 Å². The SMILES string of the molecule is N=C1OC(c2ccc([N+](=O)[O-])cc2)C(=N/Nc2cccc3ccccc23)/C1=N/Nc1cccc2ccccc12. The molecule has 1 fully saturated rings. The minimum absolute atomic E-state index is 0.0364. The van der Waals surface area contributed by atoms with Crippen molar-refractivity contribution in [2.45, 2.75) is 6.10 Å². The van der Waals surface area contributed by atoms with Crippen molar-refractivity contribution in [2.24, 2.45) is 10.2 Å². The monoisotopic (exact) mass is 514 g/mol. The highest BCUT2D eigenvalue weighted by atomic mass is 16.6. The smallest absolute Gasteiger partial charge is 0.269 e. The van der Waals surface area contributed by atoms with Crippen molar-refractivity contribution in [3.8, 4) is 0 Å². The van der Waals surface area contributed by atoms with E-state index in [9.17, 15) is 10.1 Å². The standard InChI is InChI=1S/C30H22N6O3/c31-30-28(35-33-26-14-6-10-20-8-2-4-12-24(20)26)27(29(39-30)21-15-17-22(18-16-21)36(37)38)34-32-25-13-5-9-19-7-1-3-11-23(19)25/h1-18,29,31-33H/b31-30?,34-27+,35-28-. The molecule has 1 aliphatic heterocycles. The summed E-state index contributed by atoms with van der Waals surface area (Å²) in [6.07, 6.45) is -0.783. The van der Waals surface area contributed by atoms with Gasteiger partial charge in [-0.25, -0.2) is 0 Å². The molecule has 9 heteroatoms. The number of nitro benzene ring substituents is 1. The van der Waals surface area contributed by atoms with Crippen LogP contribution in [0.15, 0.2) is 119 Å². The molecule has 0 amide bonds. The number of fused-ring (bicyclic) bond motifs is 2. The van der Waals surface area contributed by atoms with Crippen LogP contribution in [0.3, 0.4) is 0 Å². The zero-order valence-electron chi connectivity index (χ0n) is 20.5. The normalized spacial score (nSPS) is 17.0. The van der Waals surface area contributed by atoms with Crippen molar-refractivity contribution >= 4 is 55.9 Å². The lowest BCUT2D eigenvalue weighted by Crippen LogP contribution is -2.19. The molecule has 1 atom stereocenters. The molecule has 6 rings (SSSR count). The lowest BCUT2D eigenvalue weighted by Gasteiger charge is -2.12. The Morgan fingerprint density at radius 2 is 1.26 bits per heavy atom. The van der Waals surface area contributed by atoms with Gasteiger partial charge in [-0.2, -0.15) is 10.2 Å². The van der Waals surface area contributed by atoms with Crippen LogP contribution in [0.2, 0.25) is 0 Å². The van der Waals surface area contributed by atoms with E-state index in [0.717, 1.165) is 32.9 Å². The van der Waals surface area contributed by atoms with Crippen LogP contribution in [-0.2, 0) is 4.74 Å². The molecule has 39 heavy (non-hydrogen) atoms. The molecule has 5 aromatic carbocycles. The van der Waals surface area contributed by atoms with Crippen LogP contribution in [0.1, 0.15) is 11.7 Å². The first kappa shape index (κ1) is 23.8. The molecule has 0 radical (unpaired) electrons. The highest BCUT2D eigenvalue weighted by Gasteiger charge is 2.37. The fourth-order valence-electron chi connectivity index (χ4n) is 4.57. The number of hydrazone groups is 2. The van der Waals surface area contributed by atoms with Crippen molar-refractivity contribution in [3.63, 3.8) is 0 Å². The lowest BCUT2D eigenvalue weighted by molar-refractivity contribution is -0.384. The summed E-state index contributed by atoms with van der Waals surface area (Å²) >= 11 is 0. The predicted octanol–water partition coefficient (Wildman–Crippen LogP) is 6.89. The van der Waals surface area contributed by atoms with Gasteiger partial charge in [-0.1, -0.05) is 72.8 Å². The van der Waals surface area contributed by atoms with Crippen molar-refractivity contribution in [3.05, 3.63) is 125 Å². The maximum absolute atomic E-state index is 11.2. The zero-order chi connectivity index (χ0) is 26.8. The number of nitro groups is 1. The van der Waals surface area contributed by atoms with Gasteiger partial charge in [0.1, 0.15) is 5.71 Å². The molecular formula is C30H22N6O3. The summed E-state index contributed by atoms with van der Waals surface area (Å²) in [6.45, 7) is 0. The van der Waals surface area contributed by atoms with E-state index in [1.54, 1.807) is 12.1 Å². The lowest BCUT2D eigenvalue weighted by atomic mass is 10.0. The molecule has 1 unspecified atom stereocenters. The molecular weight excluding hydrogens is 492 g/mol. The Kier molecular flexibility index (Phi) is 6.14. The highest BCUT2D eigenvalue weighted by Crippen LogP contribution is 2.30. The van der Waals surface area contributed by atoms with Gasteiger partial charge in [-0.05, 0) is 40.6 Å². The molecule has 1 heterocycles. The Hall–Kier alpha value is -5.57. The third-order valence-electron chi connectivity index (χ3n) is 6.51. The van der Waals surface area contributed by atoms with Gasteiger partial charge in [0.05, 0.1) is 16.3 Å². The number of non-ortho nitro benzene ring substituents is 1. The molecule has 1 aliphatic rings. The highest BCUT2D eigenvalue weighted by molar-refractivity contribution is 6.69. The average molecular weight is 515 g/mol. The predicted molar refractivity (Wildman–Crippen MR) is 155 cm³/mol. The summed E-state index contributed by atoms with van der Waals surface area (Å²) in [4.78, 5) is 10.7. The molecule has 1 saturated heterocycles. The largest absolute Gasteiger partial charge is 0.461 e. The second-order valence-corrected chi connectivity index (χ2v) is 8.91. The minimum Gasteiger partial charge on any atom is -0.461 e. The van der Waals surface area contributed by atoms with E-state index in [1.165, 1.54) is 12.1 Å². The summed E-state index contributed by atoms with van der Waals surface area (Å²) in [5, 5.41) is 33.0. The molecule has 9 nitrogen and oxygen atoms in total. The number of benzene rings is 5. The van der Waals surface area contributed by atoms with Gasteiger partial charge in [0.2, 0.25) is 5.90 Å². The summed E-state index contributed by atoms with van der Waals surface area (Å²) in [5.74, 6) is -0.162. The van der Waals surface area contributed by atoms with Crippen molar-refractivity contribution in [2.75, 3.05) is 10.9 Å². The average Bonchev–Trinajstić information content (AvgIpc) is 3.29. The molecule has 0 aromatic heterocycles. The third-order valence-corrected chi connectivity index (χ3v) is 6.51. The molecule has 0 saturated carbocycles. The number of rotatable bonds is 6. The van der Waals surface area contributed by atoms with Gasteiger partial charge >= 0.3 is 0 Å². The number of nitrogens with zero attached hydrogens (tertiary/aromatic N) is 3. The first-order chi connectivity index (χ1) is 19.1. The maximum atomic E-state index is 11.2. The van der Waals surface area contributed by atoms with E-state index in [0.29, 0.717) is 11.3 Å². The summed E-state index contributed by atoms with van der Waals surface area (Å²) in [7, 11) is 0. The van der Waals surface area contributed by atoms with Gasteiger partial charge in [-0.15, -0.1) is 0 Å². The van der Waals surface area contributed by atoms with Crippen LogP contribution in [0, 0.1) is 15.5 Å². The van der Waals surface area contributed by atoms with E-state index in [-0.39, 0.29) is 17.3 Å². The number of nitrogens with one attached hydrogen (secondary N) is 3. The Morgan fingerprint density at radius 1 is 0.718 bits per heavy atom. The molecule has 0 bridgehead atoms.